The number of carbonyl (C=O) groups is 2. The van der Waals surface area contributed by atoms with Crippen LogP contribution in [0.3, 0.4) is 0 Å². The van der Waals surface area contributed by atoms with E-state index in [0.717, 1.165) is 24.1 Å². The van der Waals surface area contributed by atoms with Crippen LogP contribution in [0.15, 0.2) is 39.4 Å². The summed E-state index contributed by atoms with van der Waals surface area (Å²) in [5.41, 5.74) is 2.52. The zero-order valence-corrected chi connectivity index (χ0v) is 13.1. The molecule has 0 saturated carbocycles. The van der Waals surface area contributed by atoms with Crippen LogP contribution in [-0.4, -0.2) is 18.2 Å². The van der Waals surface area contributed by atoms with Gasteiger partial charge in [-0.2, -0.15) is 0 Å². The average molecular weight is 348 g/mol. The molecule has 0 atom stereocenters. The lowest BCUT2D eigenvalue weighted by Gasteiger charge is -2.29. The Morgan fingerprint density at radius 3 is 2.71 bits per heavy atom. The Balaban J connectivity index is 2.01. The highest BCUT2D eigenvalue weighted by atomic mass is 79.9. The van der Waals surface area contributed by atoms with Crippen LogP contribution in [0.1, 0.15) is 39.8 Å². The van der Waals surface area contributed by atoms with Crippen molar-refractivity contribution >= 4 is 33.3 Å². The fourth-order valence-corrected chi connectivity index (χ4v) is 2.87. The number of carbonyl (C=O) groups excluding carboxylic acids is 2. The number of halogens is 1. The lowest BCUT2D eigenvalue weighted by Crippen LogP contribution is -2.35. The smallest absolute Gasteiger partial charge is 0.294 e. The number of amides is 1. The standard InChI is InChI=1S/C16H14BrNO3/c1-10(19)12-5-4-11-3-2-8-18(13(11)9-12)16(20)14-6-7-15(17)21-14/h4-7,9H,2-3,8H2,1H3. The van der Waals surface area contributed by atoms with Crippen molar-refractivity contribution in [3.8, 4) is 0 Å². The number of Topliss-reactive ketones (excluding diaryl/α,β-unsaturated/α-hetero) is 1. The second-order valence-corrected chi connectivity index (χ2v) is 5.85. The number of ketones is 1. The summed E-state index contributed by atoms with van der Waals surface area (Å²) < 4.78 is 5.88. The van der Waals surface area contributed by atoms with Gasteiger partial charge in [0.2, 0.25) is 0 Å². The molecule has 0 fully saturated rings. The number of hydrogen-bond donors (Lipinski definition) is 0. The Labute approximate surface area is 130 Å². The van der Waals surface area contributed by atoms with Crippen LogP contribution in [0.25, 0.3) is 0 Å². The van der Waals surface area contributed by atoms with Gasteiger partial charge < -0.3 is 9.32 Å². The summed E-state index contributed by atoms with van der Waals surface area (Å²) in [6.07, 6.45) is 1.82. The third kappa shape index (κ3) is 2.65. The van der Waals surface area contributed by atoms with Crippen molar-refractivity contribution in [1.82, 2.24) is 0 Å². The number of rotatable bonds is 2. The Kier molecular flexibility index (Phi) is 3.68. The van der Waals surface area contributed by atoms with E-state index in [0.29, 0.717) is 22.5 Å². The predicted octanol–water partition coefficient (Wildman–Crippen LogP) is 3.84. The summed E-state index contributed by atoms with van der Waals surface area (Å²) in [6, 6.07) is 8.90. The van der Waals surface area contributed by atoms with Gasteiger partial charge in [0.15, 0.2) is 16.2 Å². The van der Waals surface area contributed by atoms with E-state index in [1.165, 1.54) is 6.92 Å². The Morgan fingerprint density at radius 1 is 1.24 bits per heavy atom. The number of anilines is 1. The first-order valence-electron chi connectivity index (χ1n) is 6.77. The summed E-state index contributed by atoms with van der Waals surface area (Å²) in [5, 5.41) is 0. The van der Waals surface area contributed by atoms with Crippen molar-refractivity contribution in [2.45, 2.75) is 19.8 Å². The number of nitrogens with zero attached hydrogens (tertiary/aromatic N) is 1. The molecule has 1 amide bonds. The van der Waals surface area contributed by atoms with Crippen LogP contribution in [0.4, 0.5) is 5.69 Å². The maximum Gasteiger partial charge on any atom is 0.294 e. The van der Waals surface area contributed by atoms with Crippen LogP contribution in [0, 0.1) is 0 Å². The third-order valence-electron chi connectivity index (χ3n) is 3.64. The van der Waals surface area contributed by atoms with Crippen LogP contribution in [0.2, 0.25) is 0 Å². The van der Waals surface area contributed by atoms with Crippen molar-refractivity contribution in [2.75, 3.05) is 11.4 Å². The molecule has 3 rings (SSSR count). The van der Waals surface area contributed by atoms with Gasteiger partial charge in [-0.25, -0.2) is 0 Å². The lowest BCUT2D eigenvalue weighted by molar-refractivity contribution is 0.0955. The summed E-state index contributed by atoms with van der Waals surface area (Å²) in [4.78, 5) is 25.8. The average Bonchev–Trinajstić information content (AvgIpc) is 2.92. The minimum atomic E-state index is -0.178. The molecule has 2 heterocycles. The fraction of sp³-hybridized carbons (Fsp3) is 0.250. The van der Waals surface area contributed by atoms with E-state index >= 15 is 0 Å². The van der Waals surface area contributed by atoms with Gasteiger partial charge >= 0.3 is 0 Å². The largest absolute Gasteiger partial charge is 0.444 e. The zero-order valence-electron chi connectivity index (χ0n) is 11.6. The van der Waals surface area contributed by atoms with Gasteiger partial charge in [0.05, 0.1) is 0 Å². The van der Waals surface area contributed by atoms with Crippen molar-refractivity contribution in [3.63, 3.8) is 0 Å². The zero-order chi connectivity index (χ0) is 15.0. The number of hydrogen-bond acceptors (Lipinski definition) is 3. The van der Waals surface area contributed by atoms with Gasteiger partial charge in [-0.15, -0.1) is 0 Å². The third-order valence-corrected chi connectivity index (χ3v) is 4.07. The minimum Gasteiger partial charge on any atom is -0.444 e. The van der Waals surface area contributed by atoms with E-state index in [-0.39, 0.29) is 11.7 Å². The van der Waals surface area contributed by atoms with Gasteiger partial charge in [-0.05, 0) is 59.5 Å². The van der Waals surface area contributed by atoms with E-state index < -0.39 is 0 Å². The SMILES string of the molecule is CC(=O)c1ccc2c(c1)N(C(=O)c1ccc(Br)o1)CCC2. The molecule has 1 aliphatic rings. The molecule has 0 aliphatic carbocycles. The number of benzene rings is 1. The van der Waals surface area contributed by atoms with Gasteiger partial charge in [0.1, 0.15) is 0 Å². The minimum absolute atomic E-state index is 0.00323. The summed E-state index contributed by atoms with van der Waals surface area (Å²) in [7, 11) is 0. The molecule has 108 valence electrons. The van der Waals surface area contributed by atoms with Crippen molar-refractivity contribution in [3.05, 3.63) is 51.9 Å². The van der Waals surface area contributed by atoms with Gasteiger partial charge in [-0.3, -0.25) is 9.59 Å². The Bertz CT molecular complexity index is 720. The summed E-state index contributed by atoms with van der Waals surface area (Å²) in [6.45, 7) is 2.16. The first-order valence-corrected chi connectivity index (χ1v) is 7.56. The van der Waals surface area contributed by atoms with Crippen LogP contribution in [-0.2, 0) is 6.42 Å². The van der Waals surface area contributed by atoms with Crippen LogP contribution < -0.4 is 4.90 Å². The van der Waals surface area contributed by atoms with Gasteiger partial charge in [-0.1, -0.05) is 12.1 Å². The molecule has 4 nitrogen and oxygen atoms in total. The predicted molar refractivity (Wildman–Crippen MR) is 82.9 cm³/mol. The molecule has 0 spiro atoms. The molecule has 1 aromatic carbocycles. The molecule has 2 aromatic rings. The molecule has 5 heteroatoms. The van der Waals surface area contributed by atoms with Crippen molar-refractivity contribution in [2.24, 2.45) is 0 Å². The highest BCUT2D eigenvalue weighted by molar-refractivity contribution is 9.10. The van der Waals surface area contributed by atoms with E-state index in [4.69, 9.17) is 4.42 Å². The number of furan rings is 1. The maximum atomic E-state index is 12.6. The normalized spacial score (nSPS) is 13.9. The highest BCUT2D eigenvalue weighted by Crippen LogP contribution is 2.30. The molecule has 0 saturated heterocycles. The molecule has 0 N–H and O–H groups in total. The van der Waals surface area contributed by atoms with E-state index in [1.54, 1.807) is 23.1 Å². The number of fused-ring (bicyclic) bond motifs is 1. The second-order valence-electron chi connectivity index (χ2n) is 5.06. The molecular formula is C16H14BrNO3. The van der Waals surface area contributed by atoms with Crippen LogP contribution >= 0.6 is 15.9 Å². The molecular weight excluding hydrogens is 334 g/mol. The number of aryl methyl sites for hydroxylation is 1. The molecule has 0 radical (unpaired) electrons. The first-order chi connectivity index (χ1) is 10.1. The van der Waals surface area contributed by atoms with Crippen LogP contribution in [0.5, 0.6) is 0 Å². The summed E-state index contributed by atoms with van der Waals surface area (Å²) in [5.74, 6) is 0.113. The molecule has 0 bridgehead atoms. The quantitative estimate of drug-likeness (QED) is 0.775. The Morgan fingerprint density at radius 2 is 2.05 bits per heavy atom. The monoisotopic (exact) mass is 347 g/mol. The Hall–Kier alpha value is -1.88. The molecule has 0 unspecified atom stereocenters. The van der Waals surface area contributed by atoms with Crippen molar-refractivity contribution in [1.29, 1.82) is 0 Å². The van der Waals surface area contributed by atoms with E-state index in [9.17, 15) is 9.59 Å². The van der Waals surface area contributed by atoms with E-state index in [1.807, 2.05) is 12.1 Å². The second kappa shape index (κ2) is 5.48. The molecule has 1 aromatic heterocycles. The topological polar surface area (TPSA) is 50.5 Å². The molecule has 1 aliphatic heterocycles. The fourth-order valence-electron chi connectivity index (χ4n) is 2.57. The van der Waals surface area contributed by atoms with Gasteiger partial charge in [0.25, 0.3) is 5.91 Å². The molecule has 21 heavy (non-hydrogen) atoms. The summed E-state index contributed by atoms with van der Waals surface area (Å²) >= 11 is 3.20. The first kappa shape index (κ1) is 14.1. The van der Waals surface area contributed by atoms with E-state index in [2.05, 4.69) is 15.9 Å². The highest BCUT2D eigenvalue weighted by Gasteiger charge is 2.26. The van der Waals surface area contributed by atoms with Crippen molar-refractivity contribution < 1.29 is 14.0 Å². The van der Waals surface area contributed by atoms with Gasteiger partial charge in [0, 0.05) is 17.8 Å². The maximum absolute atomic E-state index is 12.6. The lowest BCUT2D eigenvalue weighted by atomic mass is 9.98.